The second kappa shape index (κ2) is 6.80. The number of rotatable bonds is 4. The van der Waals surface area contributed by atoms with Gasteiger partial charge in [0, 0.05) is 6.04 Å². The summed E-state index contributed by atoms with van der Waals surface area (Å²) in [6, 6.07) is 8.59. The third-order valence-electron chi connectivity index (χ3n) is 5.32. The molecule has 0 unspecified atom stereocenters. The molecule has 2 N–H and O–H groups in total. The van der Waals surface area contributed by atoms with E-state index in [4.69, 9.17) is 15.2 Å². The number of nitrogens with zero attached hydrogens (tertiary/aromatic N) is 1. The van der Waals surface area contributed by atoms with Crippen molar-refractivity contribution < 1.29 is 9.47 Å². The molecule has 0 aromatic heterocycles. The zero-order valence-corrected chi connectivity index (χ0v) is 13.9. The summed E-state index contributed by atoms with van der Waals surface area (Å²) in [6.45, 7) is 0. The first kappa shape index (κ1) is 16.1. The van der Waals surface area contributed by atoms with Crippen LogP contribution in [0.1, 0.15) is 56.9 Å². The zero-order chi connectivity index (χ0) is 16.3. The van der Waals surface area contributed by atoms with Crippen molar-refractivity contribution in [2.24, 2.45) is 5.73 Å². The van der Waals surface area contributed by atoms with E-state index in [1.807, 2.05) is 18.2 Å². The standard InChI is InChI=1S/C19H26N2O2/c1-22-17-9-8-14(11-18(17)23-16-6-2-3-7-16)19(13-20)10-4-5-15(21)12-19/h8-9,11,15-16H,2-7,10,12,21H2,1H3/t15-,19-/m1/s1. The van der Waals surface area contributed by atoms with E-state index < -0.39 is 5.41 Å². The number of ether oxygens (including phenoxy) is 2. The highest BCUT2D eigenvalue weighted by Crippen LogP contribution is 2.42. The Morgan fingerprint density at radius 2 is 1.96 bits per heavy atom. The summed E-state index contributed by atoms with van der Waals surface area (Å²) in [4.78, 5) is 0. The summed E-state index contributed by atoms with van der Waals surface area (Å²) >= 11 is 0. The van der Waals surface area contributed by atoms with E-state index in [0.717, 1.165) is 55.6 Å². The van der Waals surface area contributed by atoms with E-state index in [0.29, 0.717) is 0 Å². The fourth-order valence-electron chi connectivity index (χ4n) is 4.00. The Morgan fingerprint density at radius 1 is 1.17 bits per heavy atom. The van der Waals surface area contributed by atoms with E-state index in [1.54, 1.807) is 7.11 Å². The van der Waals surface area contributed by atoms with Crippen LogP contribution in [0.4, 0.5) is 0 Å². The highest BCUT2D eigenvalue weighted by Gasteiger charge is 2.37. The Balaban J connectivity index is 1.91. The van der Waals surface area contributed by atoms with Crippen LogP contribution in [0.3, 0.4) is 0 Å². The number of hydrogen-bond donors (Lipinski definition) is 1. The predicted octanol–water partition coefficient (Wildman–Crippen LogP) is 3.68. The molecular formula is C19H26N2O2. The fourth-order valence-corrected chi connectivity index (χ4v) is 4.00. The summed E-state index contributed by atoms with van der Waals surface area (Å²) in [5.74, 6) is 1.51. The summed E-state index contributed by atoms with van der Waals surface area (Å²) in [5, 5.41) is 9.84. The lowest BCUT2D eigenvalue weighted by Crippen LogP contribution is -2.38. The summed E-state index contributed by atoms with van der Waals surface area (Å²) < 4.78 is 11.6. The average molecular weight is 314 g/mol. The van der Waals surface area contributed by atoms with E-state index in [-0.39, 0.29) is 12.1 Å². The number of methoxy groups -OCH3 is 1. The molecule has 2 aliphatic carbocycles. The smallest absolute Gasteiger partial charge is 0.161 e. The van der Waals surface area contributed by atoms with Crippen molar-refractivity contribution in [2.75, 3.05) is 7.11 Å². The second-order valence-electron chi connectivity index (χ2n) is 6.94. The van der Waals surface area contributed by atoms with Crippen molar-refractivity contribution in [3.8, 4) is 17.6 Å². The molecular weight excluding hydrogens is 288 g/mol. The molecule has 0 aliphatic heterocycles. The first-order valence-corrected chi connectivity index (χ1v) is 8.69. The van der Waals surface area contributed by atoms with Gasteiger partial charge in [-0.2, -0.15) is 5.26 Å². The van der Waals surface area contributed by atoms with Crippen molar-refractivity contribution in [3.63, 3.8) is 0 Å². The van der Waals surface area contributed by atoms with Crippen molar-refractivity contribution >= 4 is 0 Å². The minimum Gasteiger partial charge on any atom is -0.493 e. The molecule has 2 fully saturated rings. The molecule has 124 valence electrons. The first-order chi connectivity index (χ1) is 11.2. The van der Waals surface area contributed by atoms with Crippen molar-refractivity contribution in [1.29, 1.82) is 5.26 Å². The SMILES string of the molecule is COc1ccc([C@]2(C#N)CCC[C@@H](N)C2)cc1OC1CCCC1. The number of benzene rings is 1. The monoisotopic (exact) mass is 314 g/mol. The Morgan fingerprint density at radius 3 is 2.61 bits per heavy atom. The molecule has 0 spiro atoms. The van der Waals surface area contributed by atoms with Crippen molar-refractivity contribution in [3.05, 3.63) is 23.8 Å². The van der Waals surface area contributed by atoms with Gasteiger partial charge in [0.1, 0.15) is 0 Å². The maximum absolute atomic E-state index is 9.84. The fraction of sp³-hybridized carbons (Fsp3) is 0.632. The van der Waals surface area contributed by atoms with Crippen LogP contribution in [0, 0.1) is 11.3 Å². The molecule has 4 nitrogen and oxygen atoms in total. The highest BCUT2D eigenvalue weighted by atomic mass is 16.5. The topological polar surface area (TPSA) is 68.3 Å². The molecule has 0 saturated heterocycles. The van der Waals surface area contributed by atoms with Gasteiger partial charge < -0.3 is 15.2 Å². The van der Waals surface area contributed by atoms with E-state index in [9.17, 15) is 5.26 Å². The largest absolute Gasteiger partial charge is 0.493 e. The van der Waals surface area contributed by atoms with Crippen LogP contribution in [0.2, 0.25) is 0 Å². The number of nitriles is 1. The highest BCUT2D eigenvalue weighted by molar-refractivity contribution is 5.47. The average Bonchev–Trinajstić information content (AvgIpc) is 3.07. The van der Waals surface area contributed by atoms with Gasteiger partial charge >= 0.3 is 0 Å². The van der Waals surface area contributed by atoms with Gasteiger partial charge in [-0.1, -0.05) is 6.07 Å². The van der Waals surface area contributed by atoms with Gasteiger partial charge in [-0.3, -0.25) is 0 Å². The van der Waals surface area contributed by atoms with Gasteiger partial charge in [0.05, 0.1) is 24.7 Å². The Kier molecular flexibility index (Phi) is 4.77. The minimum absolute atomic E-state index is 0.102. The molecule has 3 rings (SSSR count). The lowest BCUT2D eigenvalue weighted by molar-refractivity contribution is 0.200. The summed E-state index contributed by atoms with van der Waals surface area (Å²) in [7, 11) is 1.66. The molecule has 0 amide bonds. The van der Waals surface area contributed by atoms with Gasteiger partial charge in [-0.15, -0.1) is 0 Å². The van der Waals surface area contributed by atoms with Gasteiger partial charge in [0.2, 0.25) is 0 Å². The van der Waals surface area contributed by atoms with Gasteiger partial charge in [-0.25, -0.2) is 0 Å². The lowest BCUT2D eigenvalue weighted by atomic mass is 9.69. The van der Waals surface area contributed by atoms with Gasteiger partial charge in [0.25, 0.3) is 0 Å². The van der Waals surface area contributed by atoms with Crippen LogP contribution in [-0.2, 0) is 5.41 Å². The van der Waals surface area contributed by atoms with E-state index >= 15 is 0 Å². The van der Waals surface area contributed by atoms with Crippen LogP contribution in [0.15, 0.2) is 18.2 Å². The Labute approximate surface area is 138 Å². The predicted molar refractivity (Wildman–Crippen MR) is 89.6 cm³/mol. The normalized spacial score (nSPS) is 28.3. The number of hydrogen-bond acceptors (Lipinski definition) is 4. The molecule has 2 saturated carbocycles. The van der Waals surface area contributed by atoms with Gasteiger partial charge in [0.15, 0.2) is 11.5 Å². The quantitative estimate of drug-likeness (QED) is 0.920. The van der Waals surface area contributed by atoms with Gasteiger partial charge in [-0.05, 0) is 69.1 Å². The van der Waals surface area contributed by atoms with E-state index in [2.05, 4.69) is 6.07 Å². The summed E-state index contributed by atoms with van der Waals surface area (Å²) in [6.07, 6.45) is 8.51. The molecule has 0 bridgehead atoms. The molecule has 2 atom stereocenters. The Bertz CT molecular complexity index is 590. The van der Waals surface area contributed by atoms with E-state index in [1.165, 1.54) is 12.8 Å². The molecule has 23 heavy (non-hydrogen) atoms. The lowest BCUT2D eigenvalue weighted by Gasteiger charge is -2.35. The van der Waals surface area contributed by atoms with Crippen LogP contribution < -0.4 is 15.2 Å². The van der Waals surface area contributed by atoms with Crippen molar-refractivity contribution in [1.82, 2.24) is 0 Å². The second-order valence-corrected chi connectivity index (χ2v) is 6.94. The van der Waals surface area contributed by atoms with Crippen LogP contribution >= 0.6 is 0 Å². The maximum Gasteiger partial charge on any atom is 0.161 e. The molecule has 0 radical (unpaired) electrons. The number of nitrogens with two attached hydrogens (primary N) is 1. The molecule has 4 heteroatoms. The third-order valence-corrected chi connectivity index (χ3v) is 5.32. The maximum atomic E-state index is 9.84. The molecule has 1 aromatic carbocycles. The Hall–Kier alpha value is -1.73. The molecule has 0 heterocycles. The van der Waals surface area contributed by atoms with Crippen LogP contribution in [0.25, 0.3) is 0 Å². The zero-order valence-electron chi connectivity index (χ0n) is 13.9. The molecule has 1 aromatic rings. The minimum atomic E-state index is -0.488. The first-order valence-electron chi connectivity index (χ1n) is 8.69. The third kappa shape index (κ3) is 3.30. The van der Waals surface area contributed by atoms with Crippen molar-refractivity contribution in [2.45, 2.75) is 68.9 Å². The summed E-state index contributed by atoms with van der Waals surface area (Å²) in [5.41, 5.74) is 6.67. The van der Waals surface area contributed by atoms with Crippen LogP contribution in [0.5, 0.6) is 11.5 Å². The van der Waals surface area contributed by atoms with Crippen LogP contribution in [-0.4, -0.2) is 19.3 Å². The molecule has 2 aliphatic rings.